The fraction of sp³-hybridized carbons (Fsp3) is 0.368. The van der Waals surface area contributed by atoms with E-state index in [0.717, 1.165) is 16.3 Å². The van der Waals surface area contributed by atoms with E-state index in [1.54, 1.807) is 26.8 Å². The van der Waals surface area contributed by atoms with Gasteiger partial charge in [-0.05, 0) is 37.8 Å². The lowest BCUT2D eigenvalue weighted by atomic mass is 9.99. The molecule has 0 saturated carbocycles. The van der Waals surface area contributed by atoms with Crippen LogP contribution in [0, 0.1) is 0 Å². The molecule has 2 aromatic rings. The number of nitrogen functional groups attached to an aromatic ring is 1. The van der Waals surface area contributed by atoms with Crippen molar-refractivity contribution in [3.05, 3.63) is 35.9 Å². The highest BCUT2D eigenvalue weighted by Crippen LogP contribution is 2.32. The van der Waals surface area contributed by atoms with E-state index in [1.807, 2.05) is 24.3 Å². The monoisotopic (exact) mass is 344 g/mol. The fourth-order valence-electron chi connectivity index (χ4n) is 2.55. The van der Waals surface area contributed by atoms with Gasteiger partial charge >= 0.3 is 12.1 Å². The minimum Gasteiger partial charge on any atom is -0.466 e. The summed E-state index contributed by atoms with van der Waals surface area (Å²) < 4.78 is 10.3. The zero-order valence-corrected chi connectivity index (χ0v) is 15.0. The summed E-state index contributed by atoms with van der Waals surface area (Å²) >= 11 is 0. The maximum atomic E-state index is 12.1. The van der Waals surface area contributed by atoms with Crippen LogP contribution in [0.4, 0.5) is 16.2 Å². The first-order valence-electron chi connectivity index (χ1n) is 8.11. The highest BCUT2D eigenvalue weighted by Gasteiger charge is 2.18. The third-order valence-electron chi connectivity index (χ3n) is 3.48. The maximum absolute atomic E-state index is 12.1. The quantitative estimate of drug-likeness (QED) is 0.649. The summed E-state index contributed by atoms with van der Waals surface area (Å²) in [5.74, 6) is -0.328. The number of anilines is 2. The molecule has 0 aliphatic heterocycles. The van der Waals surface area contributed by atoms with Gasteiger partial charge < -0.3 is 15.2 Å². The van der Waals surface area contributed by atoms with Gasteiger partial charge in [0.25, 0.3) is 0 Å². The van der Waals surface area contributed by atoms with Gasteiger partial charge in [0, 0.05) is 24.4 Å². The standard InChI is InChI=1S/C19H24N2O4/c1-12(22)24-10-9-14-13-7-5-6-8-15(13)17(11-16(14)20)21-18(23)25-19(2,3)4/h5-8,11H,9-10,20H2,1-4H3,(H,21,23). The second-order valence-corrected chi connectivity index (χ2v) is 6.75. The van der Waals surface area contributed by atoms with Crippen LogP contribution in [0.1, 0.15) is 33.3 Å². The van der Waals surface area contributed by atoms with Crippen LogP contribution >= 0.6 is 0 Å². The Hall–Kier alpha value is -2.76. The zero-order chi connectivity index (χ0) is 18.6. The van der Waals surface area contributed by atoms with Gasteiger partial charge in [0.15, 0.2) is 0 Å². The Balaban J connectivity index is 2.34. The van der Waals surface area contributed by atoms with E-state index < -0.39 is 11.7 Å². The average Bonchev–Trinajstić information content (AvgIpc) is 2.48. The van der Waals surface area contributed by atoms with E-state index in [2.05, 4.69) is 5.32 Å². The normalized spacial score (nSPS) is 11.2. The van der Waals surface area contributed by atoms with Gasteiger partial charge in [-0.25, -0.2) is 4.79 Å². The first kappa shape index (κ1) is 18.6. The third-order valence-corrected chi connectivity index (χ3v) is 3.48. The number of amides is 1. The molecule has 0 unspecified atom stereocenters. The number of ether oxygens (including phenoxy) is 2. The number of nitrogens with one attached hydrogen (secondary N) is 1. The molecule has 2 aromatic carbocycles. The first-order chi connectivity index (χ1) is 11.7. The first-order valence-corrected chi connectivity index (χ1v) is 8.11. The van der Waals surface area contributed by atoms with Crippen molar-refractivity contribution in [3.63, 3.8) is 0 Å². The van der Waals surface area contributed by atoms with Crippen molar-refractivity contribution in [1.29, 1.82) is 0 Å². The Morgan fingerprint density at radius 1 is 1.16 bits per heavy atom. The Bertz CT molecular complexity index is 794. The number of esters is 1. The molecule has 0 atom stereocenters. The summed E-state index contributed by atoms with van der Waals surface area (Å²) in [7, 11) is 0. The summed E-state index contributed by atoms with van der Waals surface area (Å²) in [5, 5.41) is 4.51. The highest BCUT2D eigenvalue weighted by atomic mass is 16.6. The minimum atomic E-state index is -0.588. The van der Waals surface area contributed by atoms with E-state index in [9.17, 15) is 9.59 Å². The maximum Gasteiger partial charge on any atom is 0.412 e. The summed E-state index contributed by atoms with van der Waals surface area (Å²) in [4.78, 5) is 23.0. The van der Waals surface area contributed by atoms with Crippen molar-refractivity contribution in [1.82, 2.24) is 0 Å². The van der Waals surface area contributed by atoms with Crippen molar-refractivity contribution >= 4 is 34.2 Å². The molecule has 2 rings (SSSR count). The molecule has 0 bridgehead atoms. The lowest BCUT2D eigenvalue weighted by Crippen LogP contribution is -2.27. The van der Waals surface area contributed by atoms with Gasteiger partial charge in [0.2, 0.25) is 0 Å². The van der Waals surface area contributed by atoms with Gasteiger partial charge in [-0.3, -0.25) is 10.1 Å². The fourth-order valence-corrected chi connectivity index (χ4v) is 2.55. The van der Waals surface area contributed by atoms with Gasteiger partial charge in [-0.1, -0.05) is 24.3 Å². The molecule has 6 nitrogen and oxygen atoms in total. The molecular weight excluding hydrogens is 320 g/mol. The molecule has 0 spiro atoms. The highest BCUT2D eigenvalue weighted by molar-refractivity contribution is 6.04. The zero-order valence-electron chi connectivity index (χ0n) is 15.0. The van der Waals surface area contributed by atoms with Crippen molar-refractivity contribution in [2.75, 3.05) is 17.7 Å². The second-order valence-electron chi connectivity index (χ2n) is 6.75. The molecule has 25 heavy (non-hydrogen) atoms. The number of benzene rings is 2. The van der Waals surface area contributed by atoms with Crippen molar-refractivity contribution < 1.29 is 19.1 Å². The van der Waals surface area contributed by atoms with Crippen LogP contribution < -0.4 is 11.1 Å². The summed E-state index contributed by atoms with van der Waals surface area (Å²) in [6.45, 7) is 7.03. The molecule has 0 aliphatic rings. The summed E-state index contributed by atoms with van der Waals surface area (Å²) in [5.41, 5.74) is 7.57. The molecule has 0 radical (unpaired) electrons. The largest absolute Gasteiger partial charge is 0.466 e. The van der Waals surface area contributed by atoms with Crippen molar-refractivity contribution in [3.8, 4) is 0 Å². The molecule has 1 amide bonds. The second kappa shape index (κ2) is 7.42. The van der Waals surface area contributed by atoms with E-state index in [-0.39, 0.29) is 12.6 Å². The number of carbonyl (C=O) groups excluding carboxylic acids is 2. The average molecular weight is 344 g/mol. The number of carbonyl (C=O) groups is 2. The van der Waals surface area contributed by atoms with Crippen LogP contribution in [-0.4, -0.2) is 24.3 Å². The van der Waals surface area contributed by atoms with E-state index in [0.29, 0.717) is 17.8 Å². The molecule has 6 heteroatoms. The molecule has 0 heterocycles. The molecular formula is C19H24N2O4. The Kier molecular flexibility index (Phi) is 5.51. The van der Waals surface area contributed by atoms with Crippen LogP contribution in [0.15, 0.2) is 30.3 Å². The minimum absolute atomic E-state index is 0.252. The van der Waals surface area contributed by atoms with Crippen LogP contribution in [0.5, 0.6) is 0 Å². The number of hydrogen-bond donors (Lipinski definition) is 2. The van der Waals surface area contributed by atoms with Gasteiger partial charge in [-0.15, -0.1) is 0 Å². The van der Waals surface area contributed by atoms with Crippen LogP contribution in [0.3, 0.4) is 0 Å². The Labute approximate surface area is 147 Å². The van der Waals surface area contributed by atoms with Crippen LogP contribution in [0.25, 0.3) is 10.8 Å². The Morgan fingerprint density at radius 3 is 2.40 bits per heavy atom. The molecule has 0 aliphatic carbocycles. The SMILES string of the molecule is CC(=O)OCCc1c(N)cc(NC(=O)OC(C)(C)C)c2ccccc12. The summed E-state index contributed by atoms with van der Waals surface area (Å²) in [6.07, 6.45) is -0.0386. The van der Waals surface area contributed by atoms with Crippen molar-refractivity contribution in [2.45, 2.75) is 39.7 Å². The number of hydrogen-bond acceptors (Lipinski definition) is 5. The lowest BCUT2D eigenvalue weighted by Gasteiger charge is -2.21. The number of nitrogens with two attached hydrogens (primary N) is 1. The predicted octanol–water partition coefficient (Wildman–Crippen LogP) is 3.87. The summed E-state index contributed by atoms with van der Waals surface area (Å²) in [6, 6.07) is 9.31. The van der Waals surface area contributed by atoms with E-state index in [4.69, 9.17) is 15.2 Å². The molecule has 134 valence electrons. The topological polar surface area (TPSA) is 90.6 Å². The van der Waals surface area contributed by atoms with Gasteiger partial charge in [0.1, 0.15) is 5.60 Å². The molecule has 0 saturated heterocycles. The van der Waals surface area contributed by atoms with Crippen LogP contribution in [-0.2, 0) is 20.7 Å². The lowest BCUT2D eigenvalue weighted by molar-refractivity contribution is -0.140. The Morgan fingerprint density at radius 2 is 1.80 bits per heavy atom. The number of fused-ring (bicyclic) bond motifs is 1. The van der Waals surface area contributed by atoms with Gasteiger partial charge in [-0.2, -0.15) is 0 Å². The third kappa shape index (κ3) is 5.11. The smallest absolute Gasteiger partial charge is 0.412 e. The van der Waals surface area contributed by atoms with E-state index in [1.165, 1.54) is 6.92 Å². The molecule has 0 fully saturated rings. The van der Waals surface area contributed by atoms with Crippen molar-refractivity contribution in [2.24, 2.45) is 0 Å². The predicted molar refractivity (Wildman–Crippen MR) is 98.6 cm³/mol. The van der Waals surface area contributed by atoms with Crippen LogP contribution in [0.2, 0.25) is 0 Å². The molecule has 0 aromatic heterocycles. The van der Waals surface area contributed by atoms with Gasteiger partial charge in [0.05, 0.1) is 12.3 Å². The van der Waals surface area contributed by atoms with E-state index >= 15 is 0 Å². The number of rotatable bonds is 4. The molecule has 3 N–H and O–H groups in total.